The van der Waals surface area contributed by atoms with Crippen LogP contribution in [0.25, 0.3) is 0 Å². The molecule has 1 heterocycles. The van der Waals surface area contributed by atoms with Gasteiger partial charge in [0.15, 0.2) is 0 Å². The predicted molar refractivity (Wildman–Crippen MR) is 61.5 cm³/mol. The summed E-state index contributed by atoms with van der Waals surface area (Å²) in [5.74, 6) is 0. The lowest BCUT2D eigenvalue weighted by Crippen LogP contribution is -2.45. The molecule has 2 N–H and O–H groups in total. The van der Waals surface area contributed by atoms with Crippen LogP contribution in [0.15, 0.2) is 24.5 Å². The summed E-state index contributed by atoms with van der Waals surface area (Å²) < 4.78 is 0. The number of nitrogens with one attached hydrogen (secondary N) is 1. The molecule has 3 nitrogen and oxygen atoms in total. The number of rotatable bonds is 4. The van der Waals surface area contributed by atoms with Crippen molar-refractivity contribution in [1.82, 2.24) is 10.3 Å². The van der Waals surface area contributed by atoms with Crippen molar-refractivity contribution in [3.05, 3.63) is 30.1 Å². The Kier molecular flexibility index (Phi) is 3.83. The molecule has 0 fully saturated rings. The van der Waals surface area contributed by atoms with Crippen LogP contribution in [-0.4, -0.2) is 21.7 Å². The van der Waals surface area contributed by atoms with E-state index < -0.39 is 5.60 Å². The second-order valence-corrected chi connectivity index (χ2v) is 4.55. The van der Waals surface area contributed by atoms with Gasteiger partial charge in [-0.2, -0.15) is 0 Å². The Bertz CT molecular complexity index is 292. The van der Waals surface area contributed by atoms with Crippen LogP contribution in [0.3, 0.4) is 0 Å². The third-order valence-electron chi connectivity index (χ3n) is 2.74. The van der Waals surface area contributed by atoms with Crippen LogP contribution in [0, 0.1) is 0 Å². The van der Waals surface area contributed by atoms with Crippen molar-refractivity contribution >= 4 is 0 Å². The van der Waals surface area contributed by atoms with Crippen molar-refractivity contribution in [2.75, 3.05) is 0 Å². The van der Waals surface area contributed by atoms with Crippen molar-refractivity contribution in [1.29, 1.82) is 0 Å². The average molecular weight is 208 g/mol. The largest absolute Gasteiger partial charge is 0.389 e. The smallest absolute Gasteiger partial charge is 0.0741 e. The molecule has 15 heavy (non-hydrogen) atoms. The van der Waals surface area contributed by atoms with Gasteiger partial charge in [-0.1, -0.05) is 6.07 Å². The van der Waals surface area contributed by atoms with Crippen molar-refractivity contribution in [2.24, 2.45) is 0 Å². The molecule has 1 unspecified atom stereocenters. The van der Waals surface area contributed by atoms with Gasteiger partial charge in [0, 0.05) is 24.5 Å². The minimum atomic E-state index is -0.712. The van der Waals surface area contributed by atoms with E-state index in [0.717, 1.165) is 5.56 Å². The average Bonchev–Trinajstić information content (AvgIpc) is 2.17. The number of pyridine rings is 1. The third-order valence-corrected chi connectivity index (χ3v) is 2.74. The molecular formula is C12H20N2O. The Morgan fingerprint density at radius 3 is 2.53 bits per heavy atom. The fraction of sp³-hybridized carbons (Fsp3) is 0.583. The van der Waals surface area contributed by atoms with Gasteiger partial charge >= 0.3 is 0 Å². The van der Waals surface area contributed by atoms with E-state index in [-0.39, 0.29) is 12.1 Å². The highest BCUT2D eigenvalue weighted by Gasteiger charge is 2.23. The molecule has 0 spiro atoms. The number of hydrogen-bond acceptors (Lipinski definition) is 3. The molecule has 0 bridgehead atoms. The molecule has 1 aromatic rings. The third kappa shape index (κ3) is 3.61. The summed E-state index contributed by atoms with van der Waals surface area (Å²) in [5.41, 5.74) is 0.421. The van der Waals surface area contributed by atoms with E-state index in [1.165, 1.54) is 0 Å². The van der Waals surface area contributed by atoms with E-state index in [0.29, 0.717) is 0 Å². The van der Waals surface area contributed by atoms with Gasteiger partial charge in [-0.3, -0.25) is 4.98 Å². The van der Waals surface area contributed by atoms with Crippen LogP contribution in [0.2, 0.25) is 0 Å². The molecule has 0 aliphatic heterocycles. The fourth-order valence-electron chi connectivity index (χ4n) is 1.31. The van der Waals surface area contributed by atoms with E-state index in [4.69, 9.17) is 0 Å². The summed E-state index contributed by atoms with van der Waals surface area (Å²) in [4.78, 5) is 4.07. The van der Waals surface area contributed by atoms with E-state index >= 15 is 0 Å². The molecule has 1 aromatic heterocycles. The Morgan fingerprint density at radius 1 is 1.40 bits per heavy atom. The maximum absolute atomic E-state index is 9.80. The second-order valence-electron chi connectivity index (χ2n) is 4.55. The summed E-state index contributed by atoms with van der Waals surface area (Å²) in [6, 6.07) is 4.18. The number of nitrogens with zero attached hydrogens (tertiary/aromatic N) is 1. The van der Waals surface area contributed by atoms with Gasteiger partial charge in [-0.05, 0) is 39.3 Å². The lowest BCUT2D eigenvalue weighted by molar-refractivity contribution is 0.0405. The van der Waals surface area contributed by atoms with Crippen LogP contribution < -0.4 is 5.32 Å². The van der Waals surface area contributed by atoms with Gasteiger partial charge in [-0.25, -0.2) is 0 Å². The lowest BCUT2D eigenvalue weighted by atomic mass is 9.99. The first-order chi connectivity index (χ1) is 6.91. The molecule has 0 aromatic carbocycles. The van der Waals surface area contributed by atoms with E-state index in [1.807, 2.05) is 25.3 Å². The normalized spacial score (nSPS) is 16.1. The van der Waals surface area contributed by atoms with Crippen molar-refractivity contribution in [3.8, 4) is 0 Å². The Labute approximate surface area is 91.5 Å². The molecule has 0 saturated carbocycles. The molecule has 84 valence electrons. The first-order valence-corrected chi connectivity index (χ1v) is 5.29. The first kappa shape index (κ1) is 12.1. The minimum absolute atomic E-state index is 0.0349. The Balaban J connectivity index is 2.61. The quantitative estimate of drug-likeness (QED) is 0.794. The zero-order valence-electron chi connectivity index (χ0n) is 9.86. The molecule has 0 radical (unpaired) electrons. The number of aliphatic hydroxyl groups is 1. The monoisotopic (exact) mass is 208 g/mol. The first-order valence-electron chi connectivity index (χ1n) is 5.29. The molecule has 0 aliphatic rings. The van der Waals surface area contributed by atoms with Crippen LogP contribution in [-0.2, 0) is 0 Å². The highest BCUT2D eigenvalue weighted by Crippen LogP contribution is 2.15. The predicted octanol–water partition coefficient (Wildman–Crippen LogP) is 1.89. The van der Waals surface area contributed by atoms with E-state index in [2.05, 4.69) is 17.2 Å². The zero-order chi connectivity index (χ0) is 11.5. The summed E-state index contributed by atoms with van der Waals surface area (Å²) in [6.45, 7) is 7.66. The minimum Gasteiger partial charge on any atom is -0.389 e. The Morgan fingerprint density at radius 2 is 2.07 bits per heavy atom. The van der Waals surface area contributed by atoms with Crippen molar-refractivity contribution in [3.63, 3.8) is 0 Å². The highest BCUT2D eigenvalue weighted by molar-refractivity contribution is 5.13. The highest BCUT2D eigenvalue weighted by atomic mass is 16.3. The van der Waals surface area contributed by atoms with Gasteiger partial charge in [0.1, 0.15) is 0 Å². The van der Waals surface area contributed by atoms with Gasteiger partial charge in [0.05, 0.1) is 5.60 Å². The SMILES string of the molecule is CC(N[C@H](C)c1cccnc1)C(C)(C)O. The van der Waals surface area contributed by atoms with Gasteiger partial charge in [0.2, 0.25) is 0 Å². The van der Waals surface area contributed by atoms with E-state index in [1.54, 1.807) is 20.0 Å². The van der Waals surface area contributed by atoms with Crippen molar-refractivity contribution < 1.29 is 5.11 Å². The fourth-order valence-corrected chi connectivity index (χ4v) is 1.31. The van der Waals surface area contributed by atoms with E-state index in [9.17, 15) is 5.11 Å². The molecule has 0 saturated heterocycles. The van der Waals surface area contributed by atoms with Crippen molar-refractivity contribution in [2.45, 2.75) is 45.4 Å². The van der Waals surface area contributed by atoms with Gasteiger partial charge in [-0.15, -0.1) is 0 Å². The molecule has 0 amide bonds. The summed E-state index contributed by atoms with van der Waals surface area (Å²) in [5, 5.41) is 13.1. The summed E-state index contributed by atoms with van der Waals surface area (Å²) in [6.07, 6.45) is 3.60. The zero-order valence-corrected chi connectivity index (χ0v) is 9.86. The second kappa shape index (κ2) is 4.73. The van der Waals surface area contributed by atoms with Crippen LogP contribution in [0.5, 0.6) is 0 Å². The molecule has 2 atom stereocenters. The maximum atomic E-state index is 9.80. The molecule has 0 aliphatic carbocycles. The van der Waals surface area contributed by atoms with Crippen LogP contribution >= 0.6 is 0 Å². The standard InChI is InChI=1S/C12H20N2O/c1-9(11-6-5-7-13-8-11)14-10(2)12(3,4)15/h5-10,14-15H,1-4H3/t9-,10?/m1/s1. The van der Waals surface area contributed by atoms with Gasteiger partial charge < -0.3 is 10.4 Å². The summed E-state index contributed by atoms with van der Waals surface area (Å²) >= 11 is 0. The number of hydrogen-bond donors (Lipinski definition) is 2. The Hall–Kier alpha value is -0.930. The molecule has 1 rings (SSSR count). The topological polar surface area (TPSA) is 45.2 Å². The summed E-state index contributed by atoms with van der Waals surface area (Å²) in [7, 11) is 0. The van der Waals surface area contributed by atoms with Crippen LogP contribution in [0.1, 0.15) is 39.3 Å². The number of aromatic nitrogens is 1. The lowest BCUT2D eigenvalue weighted by Gasteiger charge is -2.29. The maximum Gasteiger partial charge on any atom is 0.0741 e. The van der Waals surface area contributed by atoms with Gasteiger partial charge in [0.25, 0.3) is 0 Å². The van der Waals surface area contributed by atoms with Crippen LogP contribution in [0.4, 0.5) is 0 Å². The molecular weight excluding hydrogens is 188 g/mol. The molecule has 3 heteroatoms.